The molecule has 0 saturated carbocycles. The Bertz CT molecular complexity index is 496. The van der Waals surface area contributed by atoms with Crippen LogP contribution in [0.25, 0.3) is 0 Å². The molecule has 1 aromatic carbocycles. The minimum Gasteiger partial charge on any atom is -0.326 e. The topological polar surface area (TPSA) is 63.4 Å². The van der Waals surface area contributed by atoms with Gasteiger partial charge in [0.25, 0.3) is 0 Å². The lowest BCUT2D eigenvalue weighted by Crippen LogP contribution is -2.31. The van der Waals surface area contributed by atoms with E-state index in [0.717, 1.165) is 19.3 Å². The summed E-state index contributed by atoms with van der Waals surface area (Å²) in [6, 6.07) is 7.16. The second-order valence-electron chi connectivity index (χ2n) is 4.81. The summed E-state index contributed by atoms with van der Waals surface area (Å²) in [6.07, 6.45) is 2.79. The van der Waals surface area contributed by atoms with E-state index < -0.39 is 10.0 Å². The smallest absolute Gasteiger partial charge is 0.243 e. The van der Waals surface area contributed by atoms with Gasteiger partial charge in [-0.3, -0.25) is 0 Å². The third-order valence-corrected chi connectivity index (χ3v) is 5.17. The molecule has 0 aliphatic carbocycles. The highest BCUT2D eigenvalue weighted by atomic mass is 32.2. The van der Waals surface area contributed by atoms with Crippen molar-refractivity contribution in [2.75, 3.05) is 13.1 Å². The molecule has 100 valence electrons. The minimum atomic E-state index is -3.35. The third kappa shape index (κ3) is 2.74. The lowest BCUT2D eigenvalue weighted by atomic mass is 10.1. The average Bonchev–Trinajstić information content (AvgIpc) is 2.78. The number of aryl methyl sites for hydroxylation is 1. The van der Waals surface area contributed by atoms with Crippen LogP contribution in [-0.4, -0.2) is 31.9 Å². The fraction of sp³-hybridized carbons (Fsp3) is 0.538. The van der Waals surface area contributed by atoms with Crippen molar-refractivity contribution in [1.82, 2.24) is 4.31 Å². The summed E-state index contributed by atoms with van der Waals surface area (Å²) in [7, 11) is -3.35. The van der Waals surface area contributed by atoms with Gasteiger partial charge in [0.2, 0.25) is 10.0 Å². The summed E-state index contributed by atoms with van der Waals surface area (Å²) in [5.41, 5.74) is 6.93. The SMILES string of the molecule is CCCc1ccc(S(=O)(=O)N2CCC(N)C2)cc1. The Hall–Kier alpha value is -0.910. The third-order valence-electron chi connectivity index (χ3n) is 3.29. The molecule has 1 atom stereocenters. The molecule has 1 unspecified atom stereocenters. The van der Waals surface area contributed by atoms with Crippen molar-refractivity contribution < 1.29 is 8.42 Å². The molecular formula is C13H20N2O2S. The fourth-order valence-electron chi connectivity index (χ4n) is 2.24. The van der Waals surface area contributed by atoms with E-state index in [1.54, 1.807) is 12.1 Å². The maximum absolute atomic E-state index is 12.3. The first-order chi connectivity index (χ1) is 8.54. The Balaban J connectivity index is 2.19. The first-order valence-electron chi connectivity index (χ1n) is 6.38. The first-order valence-corrected chi connectivity index (χ1v) is 7.82. The van der Waals surface area contributed by atoms with Gasteiger partial charge >= 0.3 is 0 Å². The molecular weight excluding hydrogens is 248 g/mol. The highest BCUT2D eigenvalue weighted by molar-refractivity contribution is 7.89. The zero-order valence-corrected chi connectivity index (χ0v) is 11.5. The van der Waals surface area contributed by atoms with Crippen LogP contribution in [-0.2, 0) is 16.4 Å². The van der Waals surface area contributed by atoms with Crippen molar-refractivity contribution >= 4 is 10.0 Å². The summed E-state index contributed by atoms with van der Waals surface area (Å²) >= 11 is 0. The molecule has 2 N–H and O–H groups in total. The van der Waals surface area contributed by atoms with Crippen molar-refractivity contribution in [2.45, 2.75) is 37.1 Å². The molecule has 1 saturated heterocycles. The minimum absolute atomic E-state index is 0.0286. The molecule has 0 aromatic heterocycles. The number of nitrogens with zero attached hydrogens (tertiary/aromatic N) is 1. The van der Waals surface area contributed by atoms with Crippen LogP contribution in [0.5, 0.6) is 0 Å². The number of hydrogen-bond acceptors (Lipinski definition) is 3. The largest absolute Gasteiger partial charge is 0.326 e. The van der Waals surface area contributed by atoms with E-state index in [0.29, 0.717) is 18.0 Å². The van der Waals surface area contributed by atoms with Gasteiger partial charge in [0.1, 0.15) is 0 Å². The van der Waals surface area contributed by atoms with Crippen LogP contribution < -0.4 is 5.73 Å². The van der Waals surface area contributed by atoms with Gasteiger partial charge in [-0.1, -0.05) is 25.5 Å². The van der Waals surface area contributed by atoms with E-state index in [-0.39, 0.29) is 6.04 Å². The predicted octanol–water partition coefficient (Wildman–Crippen LogP) is 1.36. The van der Waals surface area contributed by atoms with E-state index in [1.165, 1.54) is 9.87 Å². The summed E-state index contributed by atoms with van der Waals surface area (Å²) in [4.78, 5) is 0.372. The Kier molecular flexibility index (Phi) is 4.04. The number of rotatable bonds is 4. The molecule has 1 fully saturated rings. The molecule has 1 aliphatic heterocycles. The summed E-state index contributed by atoms with van der Waals surface area (Å²) in [5, 5.41) is 0. The highest BCUT2D eigenvalue weighted by Gasteiger charge is 2.30. The van der Waals surface area contributed by atoms with Crippen LogP contribution in [0.4, 0.5) is 0 Å². The zero-order chi connectivity index (χ0) is 13.2. The average molecular weight is 268 g/mol. The van der Waals surface area contributed by atoms with Gasteiger partial charge in [-0.05, 0) is 30.5 Å². The summed E-state index contributed by atoms with van der Waals surface area (Å²) in [6.45, 7) is 3.07. The highest BCUT2D eigenvalue weighted by Crippen LogP contribution is 2.21. The van der Waals surface area contributed by atoms with Gasteiger partial charge in [0, 0.05) is 19.1 Å². The van der Waals surface area contributed by atoms with Gasteiger partial charge < -0.3 is 5.73 Å². The second-order valence-corrected chi connectivity index (χ2v) is 6.74. The maximum atomic E-state index is 12.3. The molecule has 1 heterocycles. The first kappa shape index (κ1) is 13.5. The van der Waals surface area contributed by atoms with Crippen molar-refractivity contribution in [1.29, 1.82) is 0 Å². The Labute approximate surface area is 109 Å². The van der Waals surface area contributed by atoms with Crippen molar-refractivity contribution in [3.05, 3.63) is 29.8 Å². The molecule has 1 aromatic rings. The van der Waals surface area contributed by atoms with E-state index in [4.69, 9.17) is 5.73 Å². The monoisotopic (exact) mass is 268 g/mol. The predicted molar refractivity (Wildman–Crippen MR) is 71.8 cm³/mol. The van der Waals surface area contributed by atoms with Gasteiger partial charge in [0.05, 0.1) is 4.90 Å². The number of sulfonamides is 1. The Morgan fingerprint density at radius 3 is 2.50 bits per heavy atom. The van der Waals surface area contributed by atoms with Crippen LogP contribution in [0, 0.1) is 0 Å². The Morgan fingerprint density at radius 1 is 1.33 bits per heavy atom. The second kappa shape index (κ2) is 5.38. The number of nitrogens with two attached hydrogens (primary N) is 1. The van der Waals surface area contributed by atoms with Gasteiger partial charge in [-0.15, -0.1) is 0 Å². The van der Waals surface area contributed by atoms with Crippen LogP contribution in [0.3, 0.4) is 0 Å². The molecule has 4 nitrogen and oxygen atoms in total. The lowest BCUT2D eigenvalue weighted by Gasteiger charge is -2.16. The Morgan fingerprint density at radius 2 is 2.00 bits per heavy atom. The molecule has 0 amide bonds. The normalized spacial score (nSPS) is 21.3. The van der Waals surface area contributed by atoms with Gasteiger partial charge in [0.15, 0.2) is 0 Å². The zero-order valence-electron chi connectivity index (χ0n) is 10.7. The van der Waals surface area contributed by atoms with E-state index in [2.05, 4.69) is 6.92 Å². The standard InChI is InChI=1S/C13H20N2O2S/c1-2-3-11-4-6-13(7-5-11)18(16,17)15-9-8-12(14)10-15/h4-7,12H,2-3,8-10,14H2,1H3. The molecule has 18 heavy (non-hydrogen) atoms. The van der Waals surface area contributed by atoms with Gasteiger partial charge in [-0.25, -0.2) is 8.42 Å². The lowest BCUT2D eigenvalue weighted by molar-refractivity contribution is 0.472. The summed E-state index contributed by atoms with van der Waals surface area (Å²) in [5.74, 6) is 0. The fourth-order valence-corrected chi connectivity index (χ4v) is 3.75. The van der Waals surface area contributed by atoms with Crippen molar-refractivity contribution in [2.24, 2.45) is 5.73 Å². The maximum Gasteiger partial charge on any atom is 0.243 e. The van der Waals surface area contributed by atoms with Crippen LogP contribution in [0.1, 0.15) is 25.3 Å². The van der Waals surface area contributed by atoms with Crippen LogP contribution >= 0.6 is 0 Å². The van der Waals surface area contributed by atoms with Crippen molar-refractivity contribution in [3.63, 3.8) is 0 Å². The van der Waals surface area contributed by atoms with Crippen LogP contribution in [0.2, 0.25) is 0 Å². The number of benzene rings is 1. The van der Waals surface area contributed by atoms with Crippen molar-refractivity contribution in [3.8, 4) is 0 Å². The summed E-state index contributed by atoms with van der Waals surface area (Å²) < 4.78 is 26.1. The van der Waals surface area contributed by atoms with E-state index in [9.17, 15) is 8.42 Å². The molecule has 0 spiro atoms. The molecule has 0 bridgehead atoms. The van der Waals surface area contributed by atoms with Gasteiger partial charge in [-0.2, -0.15) is 4.31 Å². The van der Waals surface area contributed by atoms with E-state index in [1.807, 2.05) is 12.1 Å². The van der Waals surface area contributed by atoms with Crippen LogP contribution in [0.15, 0.2) is 29.2 Å². The quantitative estimate of drug-likeness (QED) is 0.897. The number of hydrogen-bond donors (Lipinski definition) is 1. The molecule has 0 radical (unpaired) electrons. The molecule has 1 aliphatic rings. The molecule has 2 rings (SSSR count). The molecule has 5 heteroatoms. The van der Waals surface area contributed by atoms with E-state index >= 15 is 0 Å².